The van der Waals surface area contributed by atoms with E-state index in [0.29, 0.717) is 41.2 Å². The van der Waals surface area contributed by atoms with Crippen LogP contribution in [0.3, 0.4) is 0 Å². The number of ketones is 1. The molecule has 0 aliphatic carbocycles. The molecule has 0 unspecified atom stereocenters. The van der Waals surface area contributed by atoms with Gasteiger partial charge in [0.25, 0.3) is 0 Å². The number of rotatable bonds is 8. The molecule has 0 spiro atoms. The molecule has 0 aliphatic heterocycles. The van der Waals surface area contributed by atoms with E-state index in [9.17, 15) is 9.59 Å². The molecule has 148 valence electrons. The average Bonchev–Trinajstić information content (AvgIpc) is 2.77. The number of benzene rings is 3. The zero-order valence-electron chi connectivity index (χ0n) is 16.5. The van der Waals surface area contributed by atoms with Crippen molar-refractivity contribution >= 4 is 17.4 Å². The van der Waals surface area contributed by atoms with Crippen molar-refractivity contribution in [3.05, 3.63) is 89.5 Å². The van der Waals surface area contributed by atoms with Crippen LogP contribution in [-0.4, -0.2) is 25.9 Å². The van der Waals surface area contributed by atoms with Crippen molar-refractivity contribution in [2.45, 2.75) is 12.8 Å². The Balaban J connectivity index is 1.63. The third-order valence-electron chi connectivity index (χ3n) is 4.50. The van der Waals surface area contributed by atoms with Gasteiger partial charge in [-0.1, -0.05) is 42.5 Å². The fourth-order valence-electron chi connectivity index (χ4n) is 2.99. The van der Waals surface area contributed by atoms with E-state index in [-0.39, 0.29) is 11.7 Å². The van der Waals surface area contributed by atoms with Crippen LogP contribution < -0.4 is 14.8 Å². The van der Waals surface area contributed by atoms with Gasteiger partial charge in [0.15, 0.2) is 5.78 Å². The molecule has 0 aliphatic rings. The van der Waals surface area contributed by atoms with E-state index in [1.807, 2.05) is 30.3 Å². The molecule has 0 atom stereocenters. The zero-order valence-corrected chi connectivity index (χ0v) is 16.5. The molecule has 0 bridgehead atoms. The van der Waals surface area contributed by atoms with Gasteiger partial charge in [-0.25, -0.2) is 0 Å². The lowest BCUT2D eigenvalue weighted by Crippen LogP contribution is -2.13. The molecule has 0 saturated carbocycles. The van der Waals surface area contributed by atoms with E-state index in [4.69, 9.17) is 9.47 Å². The molecule has 1 amide bonds. The lowest BCUT2D eigenvalue weighted by molar-refractivity contribution is -0.116. The summed E-state index contributed by atoms with van der Waals surface area (Å²) in [5, 5.41) is 2.86. The van der Waals surface area contributed by atoms with Crippen molar-refractivity contribution in [2.24, 2.45) is 0 Å². The summed E-state index contributed by atoms with van der Waals surface area (Å²) in [6.07, 6.45) is 0.842. The Morgan fingerprint density at radius 1 is 0.793 bits per heavy atom. The topological polar surface area (TPSA) is 64.6 Å². The predicted octanol–water partition coefficient (Wildman–Crippen LogP) is 4.51. The standard InChI is InChI=1S/C24H23NO4/c1-28-21-13-17(14-22(16-21)29-2)11-12-23(26)25-20-10-6-9-19(15-20)24(27)18-7-4-3-5-8-18/h3-10,13-16H,11-12H2,1-2H3,(H,25,26). The molecular formula is C24H23NO4. The first-order valence-electron chi connectivity index (χ1n) is 9.30. The van der Waals surface area contributed by atoms with E-state index in [2.05, 4.69) is 5.32 Å². The van der Waals surface area contributed by atoms with Crippen molar-refractivity contribution in [1.82, 2.24) is 0 Å². The number of carbonyl (C=O) groups excluding carboxylic acids is 2. The van der Waals surface area contributed by atoms with Crippen molar-refractivity contribution < 1.29 is 19.1 Å². The first-order valence-corrected chi connectivity index (χ1v) is 9.30. The van der Waals surface area contributed by atoms with Gasteiger partial charge in [-0.05, 0) is 36.2 Å². The van der Waals surface area contributed by atoms with Crippen LogP contribution in [0.15, 0.2) is 72.8 Å². The van der Waals surface area contributed by atoms with Crippen molar-refractivity contribution in [1.29, 1.82) is 0 Å². The second kappa shape index (κ2) is 9.55. The second-order valence-corrected chi connectivity index (χ2v) is 6.55. The number of carbonyl (C=O) groups is 2. The number of ether oxygens (including phenoxy) is 2. The molecule has 3 rings (SSSR count). The summed E-state index contributed by atoms with van der Waals surface area (Å²) >= 11 is 0. The maximum absolute atomic E-state index is 12.6. The summed E-state index contributed by atoms with van der Waals surface area (Å²) < 4.78 is 10.5. The monoisotopic (exact) mass is 389 g/mol. The largest absolute Gasteiger partial charge is 0.497 e. The predicted molar refractivity (Wildman–Crippen MR) is 113 cm³/mol. The maximum atomic E-state index is 12.6. The molecule has 29 heavy (non-hydrogen) atoms. The summed E-state index contributed by atoms with van der Waals surface area (Å²) in [7, 11) is 3.18. The Kier molecular flexibility index (Phi) is 6.63. The fourth-order valence-corrected chi connectivity index (χ4v) is 2.99. The Morgan fingerprint density at radius 3 is 2.10 bits per heavy atom. The molecular weight excluding hydrogens is 366 g/mol. The van der Waals surface area contributed by atoms with Crippen LogP contribution in [0, 0.1) is 0 Å². The molecule has 0 radical (unpaired) electrons. The highest BCUT2D eigenvalue weighted by Crippen LogP contribution is 2.23. The number of nitrogens with one attached hydrogen (secondary N) is 1. The highest BCUT2D eigenvalue weighted by Gasteiger charge is 2.11. The minimum Gasteiger partial charge on any atom is -0.497 e. The van der Waals surface area contributed by atoms with E-state index >= 15 is 0 Å². The van der Waals surface area contributed by atoms with Gasteiger partial charge in [0.1, 0.15) is 11.5 Å². The van der Waals surface area contributed by atoms with Gasteiger partial charge in [0, 0.05) is 29.3 Å². The van der Waals surface area contributed by atoms with Gasteiger partial charge in [-0.3, -0.25) is 9.59 Å². The lowest BCUT2D eigenvalue weighted by Gasteiger charge is -2.10. The van der Waals surface area contributed by atoms with Gasteiger partial charge in [0.2, 0.25) is 5.91 Å². The molecule has 5 heteroatoms. The number of anilines is 1. The summed E-state index contributed by atoms with van der Waals surface area (Å²) in [6.45, 7) is 0. The summed E-state index contributed by atoms with van der Waals surface area (Å²) in [5.74, 6) is 1.17. The highest BCUT2D eigenvalue weighted by atomic mass is 16.5. The molecule has 5 nitrogen and oxygen atoms in total. The quantitative estimate of drug-likeness (QED) is 0.576. The normalized spacial score (nSPS) is 10.3. The van der Waals surface area contributed by atoms with Gasteiger partial charge >= 0.3 is 0 Å². The van der Waals surface area contributed by atoms with Crippen LogP contribution in [0.1, 0.15) is 27.9 Å². The van der Waals surface area contributed by atoms with Crippen LogP contribution in [0.2, 0.25) is 0 Å². The minimum atomic E-state index is -0.129. The Morgan fingerprint density at radius 2 is 1.45 bits per heavy atom. The third kappa shape index (κ3) is 5.45. The SMILES string of the molecule is COc1cc(CCC(=O)Nc2cccc(C(=O)c3ccccc3)c2)cc(OC)c1. The molecule has 0 fully saturated rings. The van der Waals surface area contributed by atoms with Crippen LogP contribution in [0.5, 0.6) is 11.5 Å². The van der Waals surface area contributed by atoms with Gasteiger partial charge in [-0.15, -0.1) is 0 Å². The highest BCUT2D eigenvalue weighted by molar-refractivity contribution is 6.09. The first kappa shape index (κ1) is 20.1. The smallest absolute Gasteiger partial charge is 0.224 e. The lowest BCUT2D eigenvalue weighted by atomic mass is 10.0. The summed E-state index contributed by atoms with van der Waals surface area (Å²) in [4.78, 5) is 25.0. The second-order valence-electron chi connectivity index (χ2n) is 6.55. The fraction of sp³-hybridized carbons (Fsp3) is 0.167. The van der Waals surface area contributed by atoms with Crippen LogP contribution in [-0.2, 0) is 11.2 Å². The third-order valence-corrected chi connectivity index (χ3v) is 4.50. The molecule has 1 N–H and O–H groups in total. The first-order chi connectivity index (χ1) is 14.1. The van der Waals surface area contributed by atoms with E-state index < -0.39 is 0 Å². The van der Waals surface area contributed by atoms with Crippen LogP contribution in [0.4, 0.5) is 5.69 Å². The number of amides is 1. The number of hydrogen-bond donors (Lipinski definition) is 1. The van der Waals surface area contributed by atoms with Crippen molar-refractivity contribution in [3.63, 3.8) is 0 Å². The van der Waals surface area contributed by atoms with Gasteiger partial charge < -0.3 is 14.8 Å². The van der Waals surface area contributed by atoms with Gasteiger partial charge in [-0.2, -0.15) is 0 Å². The Hall–Kier alpha value is -3.60. The van der Waals surface area contributed by atoms with Crippen LogP contribution >= 0.6 is 0 Å². The summed E-state index contributed by atoms with van der Waals surface area (Å²) in [6, 6.07) is 21.6. The maximum Gasteiger partial charge on any atom is 0.224 e. The van der Waals surface area contributed by atoms with Gasteiger partial charge in [0.05, 0.1) is 14.2 Å². The molecule has 3 aromatic rings. The number of methoxy groups -OCH3 is 2. The summed E-state index contributed by atoms with van der Waals surface area (Å²) in [5.41, 5.74) is 2.69. The molecule has 0 aromatic heterocycles. The Labute approximate surface area is 170 Å². The van der Waals surface area contributed by atoms with E-state index in [1.165, 1.54) is 0 Å². The average molecular weight is 389 g/mol. The molecule has 3 aromatic carbocycles. The van der Waals surface area contributed by atoms with Crippen LogP contribution in [0.25, 0.3) is 0 Å². The Bertz CT molecular complexity index is 977. The minimum absolute atomic E-state index is 0.0785. The number of aryl methyl sites for hydroxylation is 1. The molecule has 0 saturated heterocycles. The van der Waals surface area contributed by atoms with E-state index in [0.717, 1.165) is 5.56 Å². The van der Waals surface area contributed by atoms with E-state index in [1.54, 1.807) is 56.7 Å². The number of hydrogen-bond acceptors (Lipinski definition) is 4. The van der Waals surface area contributed by atoms with Crippen molar-refractivity contribution in [2.75, 3.05) is 19.5 Å². The zero-order chi connectivity index (χ0) is 20.6. The van der Waals surface area contributed by atoms with Crippen molar-refractivity contribution in [3.8, 4) is 11.5 Å². The molecule has 0 heterocycles.